The molecule has 0 atom stereocenters. The van der Waals surface area contributed by atoms with Crippen molar-refractivity contribution in [2.45, 2.75) is 39.8 Å². The first-order valence-corrected chi connectivity index (χ1v) is 9.09. The highest BCUT2D eigenvalue weighted by molar-refractivity contribution is 9.10. The van der Waals surface area contributed by atoms with E-state index >= 15 is 0 Å². The Morgan fingerprint density at radius 1 is 1.17 bits per heavy atom. The number of carbonyl (C=O) groups excluding carboxylic acids is 1. The van der Waals surface area contributed by atoms with E-state index in [2.05, 4.69) is 64.3 Å². The molecule has 2 aromatic rings. The second-order valence-electron chi connectivity index (χ2n) is 6.31. The Bertz CT molecular complexity index is 671. The molecule has 0 fully saturated rings. The fourth-order valence-electron chi connectivity index (χ4n) is 2.53. The van der Waals surface area contributed by atoms with Crippen molar-refractivity contribution in [1.29, 1.82) is 0 Å². The van der Waals surface area contributed by atoms with E-state index in [1.165, 1.54) is 5.56 Å². The molecule has 0 bridgehead atoms. The first-order valence-electron chi connectivity index (χ1n) is 8.29. The van der Waals surface area contributed by atoms with Gasteiger partial charge in [0.2, 0.25) is 5.91 Å². The highest BCUT2D eigenvalue weighted by Crippen LogP contribution is 2.20. The van der Waals surface area contributed by atoms with Crippen LogP contribution < -0.4 is 5.32 Å². The zero-order valence-corrected chi connectivity index (χ0v) is 16.1. The smallest absolute Gasteiger partial charge is 0.225 e. The maximum atomic E-state index is 12.2. The Labute approximate surface area is 153 Å². The Balaban J connectivity index is 1.89. The zero-order chi connectivity index (χ0) is 17.5. The molecule has 0 aliphatic rings. The van der Waals surface area contributed by atoms with Crippen LogP contribution >= 0.6 is 15.9 Å². The number of anilines is 1. The highest BCUT2D eigenvalue weighted by atomic mass is 79.9. The molecule has 128 valence electrons. The summed E-state index contributed by atoms with van der Waals surface area (Å²) in [5.74, 6) is 0.0513. The normalized spacial score (nSPS) is 11.1. The summed E-state index contributed by atoms with van der Waals surface area (Å²) in [6.45, 7) is 7.95. The van der Waals surface area contributed by atoms with Gasteiger partial charge in [0.15, 0.2) is 0 Å². The number of benzene rings is 2. The lowest BCUT2D eigenvalue weighted by Crippen LogP contribution is -2.33. The summed E-state index contributed by atoms with van der Waals surface area (Å²) >= 11 is 3.47. The minimum atomic E-state index is 0.0513. The molecule has 0 saturated heterocycles. The van der Waals surface area contributed by atoms with Gasteiger partial charge in [0.1, 0.15) is 0 Å². The fraction of sp³-hybridized carbons (Fsp3) is 0.350. The minimum absolute atomic E-state index is 0.0513. The van der Waals surface area contributed by atoms with Gasteiger partial charge in [0.05, 0.1) is 0 Å². The standard InChI is InChI=1S/C20H25BrN2O/c1-15(2)23(14-17-7-5-4-6-8-17)12-11-20(24)22-18-9-10-19(21)16(3)13-18/h4-10,13,15H,11-12,14H2,1-3H3,(H,22,24). The van der Waals surface area contributed by atoms with Crippen molar-refractivity contribution < 1.29 is 4.79 Å². The average molecular weight is 389 g/mol. The molecule has 2 rings (SSSR count). The molecule has 0 saturated carbocycles. The van der Waals surface area contributed by atoms with E-state index in [9.17, 15) is 4.79 Å². The molecule has 1 N–H and O–H groups in total. The van der Waals surface area contributed by atoms with Crippen LogP contribution in [0, 0.1) is 6.92 Å². The van der Waals surface area contributed by atoms with Gasteiger partial charge >= 0.3 is 0 Å². The van der Waals surface area contributed by atoms with E-state index in [1.807, 2.05) is 31.2 Å². The molecule has 0 aromatic heterocycles. The zero-order valence-electron chi connectivity index (χ0n) is 14.6. The van der Waals surface area contributed by atoms with E-state index in [-0.39, 0.29) is 5.91 Å². The Morgan fingerprint density at radius 2 is 1.88 bits per heavy atom. The van der Waals surface area contributed by atoms with Crippen LogP contribution in [0.15, 0.2) is 53.0 Å². The lowest BCUT2D eigenvalue weighted by molar-refractivity contribution is -0.116. The molecule has 4 heteroatoms. The van der Waals surface area contributed by atoms with Crippen molar-refractivity contribution in [3.8, 4) is 0 Å². The Hall–Kier alpha value is -1.65. The topological polar surface area (TPSA) is 32.3 Å². The number of carbonyl (C=O) groups is 1. The van der Waals surface area contributed by atoms with Gasteiger partial charge in [-0.15, -0.1) is 0 Å². The van der Waals surface area contributed by atoms with Crippen LogP contribution in [0.4, 0.5) is 5.69 Å². The molecule has 0 aliphatic heterocycles. The van der Waals surface area contributed by atoms with Gasteiger partial charge in [-0.2, -0.15) is 0 Å². The van der Waals surface area contributed by atoms with Gasteiger partial charge in [-0.3, -0.25) is 9.69 Å². The number of rotatable bonds is 7. The van der Waals surface area contributed by atoms with Crippen molar-refractivity contribution >= 4 is 27.5 Å². The van der Waals surface area contributed by atoms with Crippen LogP contribution in [0.25, 0.3) is 0 Å². The second-order valence-corrected chi connectivity index (χ2v) is 7.17. The van der Waals surface area contributed by atoms with E-state index in [1.54, 1.807) is 0 Å². The third-order valence-corrected chi connectivity index (χ3v) is 4.92. The molecule has 0 heterocycles. The van der Waals surface area contributed by atoms with E-state index in [4.69, 9.17) is 0 Å². The number of nitrogens with zero attached hydrogens (tertiary/aromatic N) is 1. The number of nitrogens with one attached hydrogen (secondary N) is 1. The first kappa shape index (κ1) is 18.7. The molecule has 0 radical (unpaired) electrons. The van der Waals surface area contributed by atoms with Crippen LogP contribution in [0.3, 0.4) is 0 Å². The van der Waals surface area contributed by atoms with E-state index in [0.29, 0.717) is 12.5 Å². The fourth-order valence-corrected chi connectivity index (χ4v) is 2.78. The van der Waals surface area contributed by atoms with Crippen LogP contribution in [0.2, 0.25) is 0 Å². The summed E-state index contributed by atoms with van der Waals surface area (Å²) < 4.78 is 1.05. The molecular weight excluding hydrogens is 364 g/mol. The number of halogens is 1. The Morgan fingerprint density at radius 3 is 2.50 bits per heavy atom. The largest absolute Gasteiger partial charge is 0.326 e. The summed E-state index contributed by atoms with van der Waals surface area (Å²) in [5.41, 5.74) is 3.23. The molecule has 2 aromatic carbocycles. The summed E-state index contributed by atoms with van der Waals surface area (Å²) in [6, 6.07) is 16.6. The summed E-state index contributed by atoms with van der Waals surface area (Å²) in [4.78, 5) is 14.6. The van der Waals surface area contributed by atoms with Crippen molar-refractivity contribution in [1.82, 2.24) is 4.90 Å². The van der Waals surface area contributed by atoms with Crippen LogP contribution in [0.1, 0.15) is 31.4 Å². The van der Waals surface area contributed by atoms with Gasteiger partial charge in [0.25, 0.3) is 0 Å². The predicted octanol–water partition coefficient (Wildman–Crippen LogP) is 5.00. The van der Waals surface area contributed by atoms with E-state index < -0.39 is 0 Å². The number of hydrogen-bond acceptors (Lipinski definition) is 2. The summed E-state index contributed by atoms with van der Waals surface area (Å²) in [7, 11) is 0. The molecule has 24 heavy (non-hydrogen) atoms. The van der Waals surface area contributed by atoms with Crippen molar-refractivity contribution in [3.63, 3.8) is 0 Å². The monoisotopic (exact) mass is 388 g/mol. The quantitative estimate of drug-likeness (QED) is 0.723. The van der Waals surface area contributed by atoms with Gasteiger partial charge < -0.3 is 5.32 Å². The molecule has 0 spiro atoms. The lowest BCUT2D eigenvalue weighted by atomic mass is 10.1. The predicted molar refractivity (Wildman–Crippen MR) is 104 cm³/mol. The van der Waals surface area contributed by atoms with Gasteiger partial charge in [0, 0.05) is 35.7 Å². The van der Waals surface area contributed by atoms with E-state index in [0.717, 1.165) is 28.8 Å². The second kappa shape index (κ2) is 9.00. The number of amides is 1. The maximum absolute atomic E-state index is 12.2. The van der Waals surface area contributed by atoms with Crippen LogP contribution in [-0.4, -0.2) is 23.4 Å². The van der Waals surface area contributed by atoms with Crippen molar-refractivity contribution in [2.75, 3.05) is 11.9 Å². The van der Waals surface area contributed by atoms with Crippen LogP contribution in [-0.2, 0) is 11.3 Å². The average Bonchev–Trinajstić information content (AvgIpc) is 2.55. The van der Waals surface area contributed by atoms with Crippen LogP contribution in [0.5, 0.6) is 0 Å². The van der Waals surface area contributed by atoms with Gasteiger partial charge in [-0.05, 0) is 50.1 Å². The molecule has 0 unspecified atom stereocenters. The number of hydrogen-bond donors (Lipinski definition) is 1. The minimum Gasteiger partial charge on any atom is -0.326 e. The first-order chi connectivity index (χ1) is 11.5. The van der Waals surface area contributed by atoms with Crippen molar-refractivity contribution in [3.05, 3.63) is 64.1 Å². The third kappa shape index (κ3) is 5.77. The van der Waals surface area contributed by atoms with Gasteiger partial charge in [-0.1, -0.05) is 46.3 Å². The molecular formula is C20H25BrN2O. The lowest BCUT2D eigenvalue weighted by Gasteiger charge is -2.26. The Kier molecular flexibility index (Phi) is 7.00. The summed E-state index contributed by atoms with van der Waals surface area (Å²) in [5, 5.41) is 2.98. The molecule has 1 amide bonds. The third-order valence-electron chi connectivity index (χ3n) is 4.03. The maximum Gasteiger partial charge on any atom is 0.225 e. The highest BCUT2D eigenvalue weighted by Gasteiger charge is 2.12. The molecule has 3 nitrogen and oxygen atoms in total. The van der Waals surface area contributed by atoms with Crippen molar-refractivity contribution in [2.24, 2.45) is 0 Å². The summed E-state index contributed by atoms with van der Waals surface area (Å²) in [6.07, 6.45) is 0.486. The van der Waals surface area contributed by atoms with Gasteiger partial charge in [-0.25, -0.2) is 0 Å². The number of aryl methyl sites for hydroxylation is 1. The molecule has 0 aliphatic carbocycles. The SMILES string of the molecule is Cc1cc(NC(=O)CCN(Cc2ccccc2)C(C)C)ccc1Br.